The van der Waals surface area contributed by atoms with Gasteiger partial charge in [0.15, 0.2) is 0 Å². The summed E-state index contributed by atoms with van der Waals surface area (Å²) in [5.41, 5.74) is 0.683. The van der Waals surface area contributed by atoms with Crippen LogP contribution in [0.5, 0.6) is 0 Å². The Labute approximate surface area is 127 Å². The zero-order valence-corrected chi connectivity index (χ0v) is 13.1. The van der Waals surface area contributed by atoms with E-state index in [-0.39, 0.29) is 18.4 Å². The first-order chi connectivity index (χ1) is 10.0. The molecule has 1 saturated heterocycles. The van der Waals surface area contributed by atoms with Gasteiger partial charge in [-0.2, -0.15) is 0 Å². The number of carboxylic acids is 1. The molecule has 1 amide bonds. The molecular weight excluding hydrogens is 292 g/mol. The van der Waals surface area contributed by atoms with E-state index in [1.54, 1.807) is 0 Å². The van der Waals surface area contributed by atoms with Crippen molar-refractivity contribution in [3.63, 3.8) is 0 Å². The fraction of sp³-hybridized carbons (Fsp3) is 0.643. The lowest BCUT2D eigenvalue weighted by molar-refractivity contribution is -0.148. The molecule has 1 aliphatic heterocycles. The molecule has 6 nitrogen and oxygen atoms in total. The highest BCUT2D eigenvalue weighted by molar-refractivity contribution is 7.09. The van der Waals surface area contributed by atoms with Crippen LogP contribution in [0.25, 0.3) is 0 Å². The fourth-order valence-corrected chi connectivity index (χ4v) is 3.31. The minimum atomic E-state index is -0.926. The Balaban J connectivity index is 1.98. The molecule has 1 aromatic heterocycles. The molecule has 0 radical (unpaired) electrons. The fourth-order valence-electron chi connectivity index (χ4n) is 2.49. The predicted molar refractivity (Wildman–Crippen MR) is 78.2 cm³/mol. The highest BCUT2D eigenvalue weighted by Crippen LogP contribution is 2.23. The number of rotatable bonds is 6. The van der Waals surface area contributed by atoms with Crippen LogP contribution in [-0.2, 0) is 20.7 Å². The van der Waals surface area contributed by atoms with Crippen molar-refractivity contribution < 1.29 is 19.4 Å². The van der Waals surface area contributed by atoms with Crippen molar-refractivity contribution >= 4 is 23.2 Å². The summed E-state index contributed by atoms with van der Waals surface area (Å²) in [5, 5.41) is 11.8. The van der Waals surface area contributed by atoms with Crippen LogP contribution in [0.15, 0.2) is 5.38 Å². The van der Waals surface area contributed by atoms with Gasteiger partial charge in [0.2, 0.25) is 5.91 Å². The first-order valence-electron chi connectivity index (χ1n) is 7.11. The molecule has 0 bridgehead atoms. The van der Waals surface area contributed by atoms with Gasteiger partial charge in [-0.3, -0.25) is 4.79 Å². The molecule has 1 aliphatic rings. The number of hydrogen-bond donors (Lipinski definition) is 1. The first kappa shape index (κ1) is 15.9. The Bertz CT molecular complexity index is 517. The lowest BCUT2D eigenvalue weighted by Gasteiger charge is -2.20. The second kappa shape index (κ2) is 7.00. The maximum Gasteiger partial charge on any atom is 0.326 e. The number of amides is 1. The van der Waals surface area contributed by atoms with E-state index in [4.69, 9.17) is 9.84 Å². The third-order valence-electron chi connectivity index (χ3n) is 3.52. The van der Waals surface area contributed by atoms with Crippen LogP contribution in [0.4, 0.5) is 0 Å². The third kappa shape index (κ3) is 3.79. The van der Waals surface area contributed by atoms with Gasteiger partial charge < -0.3 is 14.7 Å². The molecule has 0 spiro atoms. The van der Waals surface area contributed by atoms with Crippen molar-refractivity contribution in [2.45, 2.75) is 45.3 Å². The van der Waals surface area contributed by atoms with Gasteiger partial charge in [-0.1, -0.05) is 0 Å². The molecule has 1 fully saturated rings. The Hall–Kier alpha value is -1.47. The molecule has 0 aromatic carbocycles. The van der Waals surface area contributed by atoms with Crippen LogP contribution in [-0.4, -0.2) is 46.1 Å². The molecule has 1 N–H and O–H groups in total. The SMILES string of the molecule is CCO[C@H](C)c1nc(CC(=O)N2CCC[C@H]2C(=O)O)cs1. The maximum absolute atomic E-state index is 12.2. The van der Waals surface area contributed by atoms with E-state index in [1.165, 1.54) is 16.2 Å². The number of nitrogens with zero attached hydrogens (tertiary/aromatic N) is 2. The number of aromatic nitrogens is 1. The second-order valence-electron chi connectivity index (χ2n) is 5.03. The van der Waals surface area contributed by atoms with E-state index in [0.717, 1.165) is 11.4 Å². The molecular formula is C14H20N2O4S. The summed E-state index contributed by atoms with van der Waals surface area (Å²) in [4.78, 5) is 29.2. The van der Waals surface area contributed by atoms with Crippen LogP contribution in [0, 0.1) is 0 Å². The predicted octanol–water partition coefficient (Wildman–Crippen LogP) is 1.86. The molecule has 0 unspecified atom stereocenters. The second-order valence-corrected chi connectivity index (χ2v) is 5.92. The van der Waals surface area contributed by atoms with E-state index >= 15 is 0 Å². The van der Waals surface area contributed by atoms with Crippen molar-refractivity contribution in [1.82, 2.24) is 9.88 Å². The minimum Gasteiger partial charge on any atom is -0.480 e. The van der Waals surface area contributed by atoms with Gasteiger partial charge in [-0.25, -0.2) is 9.78 Å². The minimum absolute atomic E-state index is 0.0811. The Kier molecular flexibility index (Phi) is 5.30. The van der Waals surface area contributed by atoms with E-state index < -0.39 is 12.0 Å². The number of carbonyl (C=O) groups is 2. The van der Waals surface area contributed by atoms with Gasteiger partial charge in [0.1, 0.15) is 17.2 Å². The summed E-state index contributed by atoms with van der Waals surface area (Å²) in [6.07, 6.45) is 1.35. The zero-order chi connectivity index (χ0) is 15.4. The topological polar surface area (TPSA) is 79.7 Å². The Morgan fingerprint density at radius 3 is 3.05 bits per heavy atom. The first-order valence-corrected chi connectivity index (χ1v) is 7.99. The van der Waals surface area contributed by atoms with Crippen LogP contribution < -0.4 is 0 Å². The normalized spacial score (nSPS) is 19.7. The summed E-state index contributed by atoms with van der Waals surface area (Å²) in [6, 6.07) is -0.682. The quantitative estimate of drug-likeness (QED) is 0.867. The molecule has 21 heavy (non-hydrogen) atoms. The van der Waals surface area contributed by atoms with Gasteiger partial charge in [0.25, 0.3) is 0 Å². The molecule has 0 saturated carbocycles. The van der Waals surface area contributed by atoms with Gasteiger partial charge >= 0.3 is 5.97 Å². The molecule has 2 heterocycles. The number of carbonyl (C=O) groups excluding carboxylic acids is 1. The highest BCUT2D eigenvalue weighted by Gasteiger charge is 2.33. The Morgan fingerprint density at radius 2 is 2.38 bits per heavy atom. The highest BCUT2D eigenvalue weighted by atomic mass is 32.1. The average Bonchev–Trinajstić information content (AvgIpc) is 3.07. The lowest BCUT2D eigenvalue weighted by Crippen LogP contribution is -2.41. The van der Waals surface area contributed by atoms with Crippen molar-refractivity contribution in [3.05, 3.63) is 16.1 Å². The zero-order valence-electron chi connectivity index (χ0n) is 12.2. The number of hydrogen-bond acceptors (Lipinski definition) is 5. The molecule has 2 rings (SSSR count). The van der Waals surface area contributed by atoms with Gasteiger partial charge in [0, 0.05) is 18.5 Å². The number of thiazole rings is 1. The van der Waals surface area contributed by atoms with Crippen molar-refractivity contribution in [2.24, 2.45) is 0 Å². The molecule has 1 aromatic rings. The number of carboxylic acid groups (broad SMARTS) is 1. The van der Waals surface area contributed by atoms with Gasteiger partial charge in [0.05, 0.1) is 12.1 Å². The van der Waals surface area contributed by atoms with Crippen LogP contribution in [0.3, 0.4) is 0 Å². The molecule has 0 aliphatic carbocycles. The molecule has 2 atom stereocenters. The molecule has 7 heteroatoms. The number of ether oxygens (including phenoxy) is 1. The number of likely N-dealkylation sites (tertiary alicyclic amines) is 1. The Morgan fingerprint density at radius 1 is 1.62 bits per heavy atom. The largest absolute Gasteiger partial charge is 0.480 e. The third-order valence-corrected chi connectivity index (χ3v) is 4.58. The van der Waals surface area contributed by atoms with Gasteiger partial charge in [-0.15, -0.1) is 11.3 Å². The lowest BCUT2D eigenvalue weighted by atomic mass is 10.2. The summed E-state index contributed by atoms with van der Waals surface area (Å²) < 4.78 is 5.47. The van der Waals surface area contributed by atoms with Crippen molar-refractivity contribution in [3.8, 4) is 0 Å². The summed E-state index contributed by atoms with van der Waals surface area (Å²) >= 11 is 1.47. The number of aliphatic carboxylic acids is 1. The van der Waals surface area contributed by atoms with Crippen LogP contribution in [0.1, 0.15) is 43.5 Å². The monoisotopic (exact) mass is 312 g/mol. The maximum atomic E-state index is 12.2. The summed E-state index contributed by atoms with van der Waals surface area (Å²) in [7, 11) is 0. The summed E-state index contributed by atoms with van der Waals surface area (Å²) in [5.74, 6) is -1.09. The van der Waals surface area contributed by atoms with Crippen molar-refractivity contribution in [2.75, 3.05) is 13.2 Å². The van der Waals surface area contributed by atoms with Gasteiger partial charge in [-0.05, 0) is 26.7 Å². The smallest absolute Gasteiger partial charge is 0.326 e. The van der Waals surface area contributed by atoms with E-state index in [1.807, 2.05) is 19.2 Å². The molecule has 116 valence electrons. The van der Waals surface area contributed by atoms with E-state index in [0.29, 0.717) is 25.3 Å². The van der Waals surface area contributed by atoms with Crippen LogP contribution >= 0.6 is 11.3 Å². The average molecular weight is 312 g/mol. The summed E-state index contributed by atoms with van der Waals surface area (Å²) in [6.45, 7) is 4.98. The van der Waals surface area contributed by atoms with E-state index in [9.17, 15) is 9.59 Å². The van der Waals surface area contributed by atoms with Crippen molar-refractivity contribution in [1.29, 1.82) is 0 Å². The van der Waals surface area contributed by atoms with Crippen LogP contribution in [0.2, 0.25) is 0 Å². The standard InChI is InChI=1S/C14H20N2O4S/c1-3-20-9(2)13-15-10(8-21-13)7-12(17)16-6-4-5-11(16)14(18)19/h8-9,11H,3-7H2,1-2H3,(H,18,19)/t9-,11+/m1/s1. The van der Waals surface area contributed by atoms with E-state index in [2.05, 4.69) is 4.98 Å².